The van der Waals surface area contributed by atoms with Gasteiger partial charge in [0.05, 0.1) is 23.6 Å². The average molecular weight is 643 g/mol. The monoisotopic (exact) mass is 642 g/mol. The Morgan fingerprint density at radius 2 is 2.00 bits per heavy atom. The van der Waals surface area contributed by atoms with Crippen molar-refractivity contribution < 1.29 is 33.0 Å². The molecule has 2 aromatic carbocycles. The number of aliphatic carboxylic acids is 1. The van der Waals surface area contributed by atoms with Crippen LogP contribution >= 0.6 is 11.6 Å². The molecule has 9 nitrogen and oxygen atoms in total. The van der Waals surface area contributed by atoms with Crippen molar-refractivity contribution in [3.63, 3.8) is 0 Å². The van der Waals surface area contributed by atoms with Gasteiger partial charge in [-0.15, -0.1) is 0 Å². The number of halogens is 1. The second-order valence-electron chi connectivity index (χ2n) is 12.8. The molecule has 1 saturated carbocycles. The maximum absolute atomic E-state index is 13.4. The van der Waals surface area contributed by atoms with E-state index in [0.29, 0.717) is 36.9 Å². The predicted octanol–water partition coefficient (Wildman–Crippen LogP) is 4.84. The highest BCUT2D eigenvalue weighted by Crippen LogP contribution is 2.46. The minimum absolute atomic E-state index is 0.0539. The lowest BCUT2D eigenvalue weighted by molar-refractivity contribution is -0.137. The van der Waals surface area contributed by atoms with Crippen LogP contribution in [-0.4, -0.2) is 61.6 Å². The summed E-state index contributed by atoms with van der Waals surface area (Å²) in [6, 6.07) is 11.1. The zero-order valence-corrected chi connectivity index (χ0v) is 26.2. The Bertz CT molecular complexity index is 1580. The van der Waals surface area contributed by atoms with Crippen molar-refractivity contribution in [3.8, 4) is 5.75 Å². The Morgan fingerprint density at radius 1 is 1.16 bits per heavy atom. The van der Waals surface area contributed by atoms with Crippen molar-refractivity contribution >= 4 is 39.2 Å². The molecule has 3 N–H and O–H groups in total. The summed E-state index contributed by atoms with van der Waals surface area (Å²) in [4.78, 5) is 26.9. The van der Waals surface area contributed by atoms with Gasteiger partial charge in [0, 0.05) is 35.5 Å². The van der Waals surface area contributed by atoms with Gasteiger partial charge in [-0.3, -0.25) is 9.59 Å². The number of nitrogens with one attached hydrogen (secondary N) is 1. The van der Waals surface area contributed by atoms with Crippen LogP contribution in [0.15, 0.2) is 48.6 Å². The molecule has 1 amide bonds. The minimum atomic E-state index is -4.18. The summed E-state index contributed by atoms with van der Waals surface area (Å²) in [6.07, 6.45) is 7.57. The molecule has 0 radical (unpaired) electrons. The van der Waals surface area contributed by atoms with Gasteiger partial charge in [-0.2, -0.15) is 0 Å². The molecule has 2 bridgehead atoms. The molecule has 6 rings (SSSR count). The first-order valence-electron chi connectivity index (χ1n) is 15.5. The number of aliphatic hydroxyl groups excluding tert-OH is 1. The minimum Gasteiger partial charge on any atom is -0.490 e. The van der Waals surface area contributed by atoms with E-state index in [1.54, 1.807) is 30.4 Å². The first-order chi connectivity index (χ1) is 21.0. The Morgan fingerprint density at radius 3 is 2.77 bits per heavy atom. The standard InChI is InChI=1S/C33H39ClN2O7S/c34-24-9-12-27-21(16-24)4-3-15-33(27)19-36-18-23-7-11-26(23)29(37)6-2-1-5-25(10-14-31(38)39)44(41,42)35-32(40)22-8-13-30(43-20-33)28(36)17-22/h2,6,8-9,12-13,16-17,23,25-26,29,37H,1,3-5,7,10-11,14-15,18-20H2,(H,35,40)(H,38,39)/b6-2-/t23-,25-,26+,29-,33-/m0/s1. The maximum atomic E-state index is 13.4. The third-order valence-corrected chi connectivity index (χ3v) is 12.1. The van der Waals surface area contributed by atoms with Crippen LogP contribution in [0, 0.1) is 11.8 Å². The van der Waals surface area contributed by atoms with Gasteiger partial charge in [0.2, 0.25) is 10.0 Å². The number of anilines is 1. The van der Waals surface area contributed by atoms with Gasteiger partial charge in [-0.1, -0.05) is 29.8 Å². The van der Waals surface area contributed by atoms with Crippen molar-refractivity contribution in [3.05, 3.63) is 70.3 Å². The fraction of sp³-hybridized carbons (Fsp3) is 0.515. The number of carbonyl (C=O) groups is 2. The van der Waals surface area contributed by atoms with Gasteiger partial charge >= 0.3 is 5.97 Å². The SMILES string of the molecule is O=C(O)CC[C@@H]1CC/C=C\[C@H](O)[C@@H]2CC[C@H]2CN2C[C@@]3(CCCc4cc(Cl)ccc43)COc3ccc(cc32)C(=O)NS1(=O)=O. The number of hydrogen-bond donors (Lipinski definition) is 3. The lowest BCUT2D eigenvalue weighted by Gasteiger charge is -2.45. The second-order valence-corrected chi connectivity index (χ2v) is 15.2. The summed E-state index contributed by atoms with van der Waals surface area (Å²) in [5.41, 5.74) is 3.04. The number of amides is 1. The third kappa shape index (κ3) is 6.21. The molecule has 44 heavy (non-hydrogen) atoms. The van der Waals surface area contributed by atoms with E-state index in [-0.39, 0.29) is 42.1 Å². The molecule has 11 heteroatoms. The highest BCUT2D eigenvalue weighted by Gasteiger charge is 2.44. The summed E-state index contributed by atoms with van der Waals surface area (Å²) in [5.74, 6) is -0.963. The number of nitrogens with zero attached hydrogens (tertiary/aromatic N) is 1. The molecule has 0 saturated heterocycles. The highest BCUT2D eigenvalue weighted by atomic mass is 35.5. The zero-order chi connectivity index (χ0) is 31.1. The first kappa shape index (κ1) is 30.9. The smallest absolute Gasteiger partial charge is 0.303 e. The van der Waals surface area contributed by atoms with E-state index in [2.05, 4.69) is 15.7 Å². The summed E-state index contributed by atoms with van der Waals surface area (Å²) in [5, 5.41) is 19.9. The number of hydrogen-bond acceptors (Lipinski definition) is 7. The van der Waals surface area contributed by atoms with Crippen molar-refractivity contribution in [2.75, 3.05) is 24.6 Å². The normalized spacial score (nSPS) is 30.5. The lowest BCUT2D eigenvalue weighted by Crippen LogP contribution is -2.49. The quantitative estimate of drug-likeness (QED) is 0.405. The van der Waals surface area contributed by atoms with Crippen molar-refractivity contribution in [2.45, 2.75) is 74.6 Å². The van der Waals surface area contributed by atoms with Gasteiger partial charge < -0.3 is 19.8 Å². The van der Waals surface area contributed by atoms with Gasteiger partial charge in [0.25, 0.3) is 5.91 Å². The van der Waals surface area contributed by atoms with Gasteiger partial charge in [0.1, 0.15) is 5.75 Å². The number of aliphatic hydroxyl groups is 1. The lowest BCUT2D eigenvalue weighted by atomic mass is 9.68. The van der Waals surface area contributed by atoms with Crippen molar-refractivity contribution in [2.24, 2.45) is 11.8 Å². The van der Waals surface area contributed by atoms with E-state index >= 15 is 0 Å². The van der Waals surface area contributed by atoms with E-state index in [9.17, 15) is 28.2 Å². The Labute approximate surface area is 263 Å². The third-order valence-electron chi connectivity index (χ3n) is 10.0. The molecule has 2 aliphatic carbocycles. The molecule has 2 aromatic rings. The van der Waals surface area contributed by atoms with E-state index < -0.39 is 33.3 Å². The van der Waals surface area contributed by atoms with E-state index in [1.165, 1.54) is 11.1 Å². The molecule has 4 aliphatic rings. The molecule has 2 heterocycles. The number of allylic oxidation sites excluding steroid dienone is 1. The van der Waals surface area contributed by atoms with E-state index in [0.717, 1.165) is 37.8 Å². The largest absolute Gasteiger partial charge is 0.490 e. The van der Waals surface area contributed by atoms with Crippen LogP contribution in [0.25, 0.3) is 0 Å². The highest BCUT2D eigenvalue weighted by molar-refractivity contribution is 7.90. The molecule has 5 atom stereocenters. The number of ether oxygens (including phenoxy) is 1. The number of sulfonamides is 1. The second kappa shape index (κ2) is 12.4. The number of fused-ring (bicyclic) bond motifs is 4. The number of benzene rings is 2. The number of carbonyl (C=O) groups excluding carboxylic acids is 1. The number of rotatable bonds is 3. The molecule has 236 valence electrons. The Hall–Kier alpha value is -3.08. The van der Waals surface area contributed by atoms with Crippen LogP contribution in [0.2, 0.25) is 5.02 Å². The maximum Gasteiger partial charge on any atom is 0.303 e. The van der Waals surface area contributed by atoms with Gasteiger partial charge in [0.15, 0.2) is 0 Å². The fourth-order valence-electron chi connectivity index (χ4n) is 7.48. The van der Waals surface area contributed by atoms with Crippen molar-refractivity contribution in [1.29, 1.82) is 0 Å². The summed E-state index contributed by atoms with van der Waals surface area (Å²) in [7, 11) is -4.18. The summed E-state index contributed by atoms with van der Waals surface area (Å²) in [6.45, 7) is 1.76. The molecule has 1 fully saturated rings. The molecule has 0 aromatic heterocycles. The number of carboxylic acid groups (broad SMARTS) is 1. The molecule has 1 spiro atoms. The van der Waals surface area contributed by atoms with Crippen LogP contribution in [0.4, 0.5) is 5.69 Å². The van der Waals surface area contributed by atoms with Crippen LogP contribution < -0.4 is 14.4 Å². The summed E-state index contributed by atoms with van der Waals surface area (Å²) < 4.78 is 35.4. The molecular weight excluding hydrogens is 604 g/mol. The van der Waals surface area contributed by atoms with Crippen molar-refractivity contribution in [1.82, 2.24) is 4.72 Å². The number of aryl methyl sites for hydroxylation is 1. The summed E-state index contributed by atoms with van der Waals surface area (Å²) >= 11 is 6.37. The van der Waals surface area contributed by atoms with Crippen LogP contribution in [0.3, 0.4) is 0 Å². The predicted molar refractivity (Wildman–Crippen MR) is 168 cm³/mol. The Balaban J connectivity index is 1.39. The average Bonchev–Trinajstić information content (AvgIpc) is 3.10. The van der Waals surface area contributed by atoms with E-state index in [4.69, 9.17) is 16.3 Å². The zero-order valence-electron chi connectivity index (χ0n) is 24.6. The van der Waals surface area contributed by atoms with Gasteiger partial charge in [-0.25, -0.2) is 13.1 Å². The molecule has 0 unspecified atom stereocenters. The number of carboxylic acids is 1. The van der Waals surface area contributed by atoms with E-state index in [1.807, 2.05) is 12.1 Å². The fourth-order valence-corrected chi connectivity index (χ4v) is 9.09. The molecule has 2 aliphatic heterocycles. The van der Waals surface area contributed by atoms with Crippen LogP contribution in [0.5, 0.6) is 5.75 Å². The Kier molecular flexibility index (Phi) is 8.69. The first-order valence-corrected chi connectivity index (χ1v) is 17.4. The van der Waals surface area contributed by atoms with Gasteiger partial charge in [-0.05, 0) is 105 Å². The van der Waals surface area contributed by atoms with Crippen LogP contribution in [0.1, 0.15) is 72.9 Å². The topological polar surface area (TPSA) is 133 Å². The molecular formula is C33H39ClN2O7S. The van der Waals surface area contributed by atoms with Crippen LogP contribution in [-0.2, 0) is 26.7 Å².